The Hall–Kier alpha value is -2.11. The fourth-order valence-electron chi connectivity index (χ4n) is 3.77. The number of rotatable bonds is 11. The molecule has 0 spiro atoms. The van der Waals surface area contributed by atoms with Crippen molar-refractivity contribution in [1.82, 2.24) is 14.9 Å². The molecule has 2 rings (SSSR count). The molecule has 0 bridgehead atoms. The van der Waals surface area contributed by atoms with Gasteiger partial charge in [-0.1, -0.05) is 31.5 Å². The summed E-state index contributed by atoms with van der Waals surface area (Å²) in [7, 11) is -3.88. The number of carbonyl (C=O) groups is 3. The predicted molar refractivity (Wildman–Crippen MR) is 132 cm³/mol. The summed E-state index contributed by atoms with van der Waals surface area (Å²) in [6, 6.07) is 4.56. The number of carboxylic acids is 1. The SMILES string of the molecule is CSCC[C@@H](NC(=O)C1CCN(C(=O)[C@H](NS(=O)(=O)c2ccc(C)cc2)C(C)C)CC1)C(=O)O. The summed E-state index contributed by atoms with van der Waals surface area (Å²) in [5, 5.41) is 11.9. The highest BCUT2D eigenvalue weighted by atomic mass is 32.2. The highest BCUT2D eigenvalue weighted by Gasteiger charge is 2.35. The first-order chi connectivity index (χ1) is 16.0. The van der Waals surface area contributed by atoms with E-state index in [9.17, 15) is 27.9 Å². The Kier molecular flexibility index (Phi) is 10.4. The van der Waals surface area contributed by atoms with Gasteiger partial charge in [0.2, 0.25) is 21.8 Å². The first-order valence-corrected chi connectivity index (χ1v) is 14.2. The van der Waals surface area contributed by atoms with Crippen molar-refractivity contribution >= 4 is 39.6 Å². The molecule has 0 aromatic heterocycles. The van der Waals surface area contributed by atoms with Crippen LogP contribution >= 0.6 is 11.8 Å². The van der Waals surface area contributed by atoms with Crippen LogP contribution in [0.25, 0.3) is 0 Å². The number of sulfonamides is 1. The molecule has 0 radical (unpaired) electrons. The van der Waals surface area contributed by atoms with Crippen LogP contribution in [-0.4, -0.2) is 73.4 Å². The average molecular weight is 514 g/mol. The molecule has 0 aliphatic carbocycles. The fourth-order valence-corrected chi connectivity index (χ4v) is 5.57. The topological polar surface area (TPSA) is 133 Å². The van der Waals surface area contributed by atoms with Gasteiger partial charge in [0.05, 0.1) is 4.90 Å². The maximum atomic E-state index is 13.2. The Labute approximate surface area is 206 Å². The molecule has 1 heterocycles. The number of likely N-dealkylation sites (tertiary alicyclic amines) is 1. The van der Waals surface area contributed by atoms with Crippen molar-refractivity contribution in [3.8, 4) is 0 Å². The number of carbonyl (C=O) groups excluding carboxylic acids is 2. The molecular weight excluding hydrogens is 478 g/mol. The van der Waals surface area contributed by atoms with Gasteiger partial charge in [-0.05, 0) is 56.2 Å². The summed E-state index contributed by atoms with van der Waals surface area (Å²) >= 11 is 1.51. The third kappa shape index (κ3) is 7.71. The molecule has 1 aliphatic heterocycles. The maximum Gasteiger partial charge on any atom is 0.326 e. The molecule has 190 valence electrons. The van der Waals surface area contributed by atoms with Crippen LogP contribution in [-0.2, 0) is 24.4 Å². The lowest BCUT2D eigenvalue weighted by atomic mass is 9.94. The zero-order valence-corrected chi connectivity index (χ0v) is 21.7. The smallest absolute Gasteiger partial charge is 0.326 e. The number of hydrogen-bond acceptors (Lipinski definition) is 6. The van der Waals surface area contributed by atoms with Crippen LogP contribution in [0.15, 0.2) is 29.2 Å². The van der Waals surface area contributed by atoms with Crippen LogP contribution in [0.4, 0.5) is 0 Å². The van der Waals surface area contributed by atoms with E-state index in [1.165, 1.54) is 23.9 Å². The fraction of sp³-hybridized carbons (Fsp3) is 0.609. The predicted octanol–water partition coefficient (Wildman–Crippen LogP) is 1.86. The number of thioether (sulfide) groups is 1. The van der Waals surface area contributed by atoms with Gasteiger partial charge in [0.25, 0.3) is 0 Å². The van der Waals surface area contributed by atoms with Crippen LogP contribution in [0.5, 0.6) is 0 Å². The first kappa shape index (κ1) is 28.1. The molecular formula is C23H35N3O6S2. The van der Waals surface area contributed by atoms with E-state index in [1.807, 2.05) is 13.2 Å². The molecule has 2 atom stereocenters. The molecule has 1 fully saturated rings. The summed E-state index contributed by atoms with van der Waals surface area (Å²) in [6.45, 7) is 6.02. The number of benzene rings is 1. The molecule has 1 aromatic carbocycles. The number of carboxylic acid groups (broad SMARTS) is 1. The third-order valence-electron chi connectivity index (χ3n) is 5.95. The number of nitrogens with zero attached hydrogens (tertiary/aromatic N) is 1. The van der Waals surface area contributed by atoms with E-state index in [2.05, 4.69) is 10.0 Å². The van der Waals surface area contributed by atoms with E-state index in [-0.39, 0.29) is 28.5 Å². The standard InChI is InChI=1S/C23H35N3O6S2/c1-15(2)20(25-34(31,32)18-7-5-16(3)6-8-18)22(28)26-12-9-17(10-13-26)21(27)24-19(23(29)30)11-14-33-4/h5-8,15,17,19-20,25H,9-14H2,1-4H3,(H,24,27)(H,29,30)/t19-,20-/m1/s1. The van der Waals surface area contributed by atoms with E-state index in [0.29, 0.717) is 38.1 Å². The van der Waals surface area contributed by atoms with Gasteiger partial charge in [-0.2, -0.15) is 16.5 Å². The number of piperidine rings is 1. The zero-order chi connectivity index (χ0) is 25.5. The lowest BCUT2D eigenvalue weighted by molar-refractivity contribution is -0.143. The Morgan fingerprint density at radius 3 is 2.24 bits per heavy atom. The molecule has 1 aliphatic rings. The first-order valence-electron chi connectivity index (χ1n) is 11.4. The highest BCUT2D eigenvalue weighted by Crippen LogP contribution is 2.21. The van der Waals surface area contributed by atoms with Crippen molar-refractivity contribution in [2.45, 2.75) is 57.0 Å². The molecule has 1 saturated heterocycles. The quantitative estimate of drug-likeness (QED) is 0.411. The van der Waals surface area contributed by atoms with E-state index in [1.54, 1.807) is 30.9 Å². The molecule has 9 nitrogen and oxygen atoms in total. The molecule has 3 N–H and O–H groups in total. The van der Waals surface area contributed by atoms with Crippen LogP contribution in [0.1, 0.15) is 38.7 Å². The largest absolute Gasteiger partial charge is 0.480 e. The number of hydrogen-bond donors (Lipinski definition) is 3. The minimum absolute atomic E-state index is 0.0985. The monoisotopic (exact) mass is 513 g/mol. The Morgan fingerprint density at radius 1 is 1.15 bits per heavy atom. The van der Waals surface area contributed by atoms with E-state index >= 15 is 0 Å². The van der Waals surface area contributed by atoms with E-state index in [0.717, 1.165) is 5.56 Å². The molecule has 0 unspecified atom stereocenters. The number of nitrogens with one attached hydrogen (secondary N) is 2. The highest BCUT2D eigenvalue weighted by molar-refractivity contribution is 7.98. The third-order valence-corrected chi connectivity index (χ3v) is 8.05. The van der Waals surface area contributed by atoms with Crippen molar-refractivity contribution in [2.75, 3.05) is 25.1 Å². The summed E-state index contributed by atoms with van der Waals surface area (Å²) in [6.07, 6.45) is 3.00. The van der Waals surface area contributed by atoms with Crippen molar-refractivity contribution in [3.63, 3.8) is 0 Å². The van der Waals surface area contributed by atoms with Gasteiger partial charge in [0.1, 0.15) is 12.1 Å². The molecule has 0 saturated carbocycles. The lowest BCUT2D eigenvalue weighted by Crippen LogP contribution is -2.54. The second kappa shape index (κ2) is 12.6. The van der Waals surface area contributed by atoms with Crippen LogP contribution in [0.3, 0.4) is 0 Å². The van der Waals surface area contributed by atoms with Gasteiger partial charge < -0.3 is 15.3 Å². The number of aliphatic carboxylic acids is 1. The minimum Gasteiger partial charge on any atom is -0.480 e. The maximum absolute atomic E-state index is 13.2. The zero-order valence-electron chi connectivity index (χ0n) is 20.1. The molecule has 2 amide bonds. The number of amides is 2. The summed E-state index contributed by atoms with van der Waals surface area (Å²) in [4.78, 5) is 38.9. The molecule has 1 aromatic rings. The van der Waals surface area contributed by atoms with Gasteiger partial charge >= 0.3 is 5.97 Å². The summed E-state index contributed by atoms with van der Waals surface area (Å²) < 4.78 is 28.2. The molecule has 34 heavy (non-hydrogen) atoms. The van der Waals surface area contributed by atoms with Crippen molar-refractivity contribution in [2.24, 2.45) is 11.8 Å². The van der Waals surface area contributed by atoms with Gasteiger partial charge in [0.15, 0.2) is 0 Å². The van der Waals surface area contributed by atoms with E-state index < -0.39 is 28.1 Å². The van der Waals surface area contributed by atoms with Gasteiger partial charge in [0, 0.05) is 19.0 Å². The minimum atomic E-state index is -3.88. The van der Waals surface area contributed by atoms with Gasteiger partial charge in [-0.25, -0.2) is 13.2 Å². The van der Waals surface area contributed by atoms with Gasteiger partial charge in [-0.15, -0.1) is 0 Å². The van der Waals surface area contributed by atoms with Crippen molar-refractivity contribution in [3.05, 3.63) is 29.8 Å². The Balaban J connectivity index is 1.99. The normalized spacial score (nSPS) is 16.8. The number of aryl methyl sites for hydroxylation is 1. The van der Waals surface area contributed by atoms with Crippen molar-refractivity contribution < 1.29 is 27.9 Å². The Bertz CT molecular complexity index is 957. The Morgan fingerprint density at radius 2 is 1.74 bits per heavy atom. The average Bonchev–Trinajstić information content (AvgIpc) is 2.79. The van der Waals surface area contributed by atoms with Gasteiger partial charge in [-0.3, -0.25) is 9.59 Å². The molecule has 11 heteroatoms. The van der Waals surface area contributed by atoms with Crippen LogP contribution < -0.4 is 10.0 Å². The van der Waals surface area contributed by atoms with Crippen molar-refractivity contribution in [1.29, 1.82) is 0 Å². The summed E-state index contributed by atoms with van der Waals surface area (Å²) in [5.74, 6) is -1.74. The lowest BCUT2D eigenvalue weighted by Gasteiger charge is -2.35. The second-order valence-corrected chi connectivity index (χ2v) is 11.6. The second-order valence-electron chi connectivity index (χ2n) is 8.94. The van der Waals surface area contributed by atoms with Crippen LogP contribution in [0, 0.1) is 18.8 Å². The van der Waals surface area contributed by atoms with Crippen LogP contribution in [0.2, 0.25) is 0 Å². The van der Waals surface area contributed by atoms with E-state index in [4.69, 9.17) is 0 Å². The summed E-state index contributed by atoms with van der Waals surface area (Å²) in [5.41, 5.74) is 0.932.